The Morgan fingerprint density at radius 1 is 1.05 bits per heavy atom. The molecule has 0 radical (unpaired) electrons. The predicted molar refractivity (Wildman–Crippen MR) is 82.1 cm³/mol. The number of hydrogen-bond acceptors (Lipinski definition) is 2. The van der Waals surface area contributed by atoms with Gasteiger partial charge in [-0.05, 0) is 36.8 Å². The zero-order chi connectivity index (χ0) is 13.7. The average Bonchev–Trinajstić information content (AvgIpc) is 2.41. The van der Waals surface area contributed by atoms with E-state index in [0.29, 0.717) is 17.2 Å². The minimum Gasteiger partial charge on any atom is -0.298 e. The average molecular weight is 291 g/mol. The van der Waals surface area contributed by atoms with Crippen LogP contribution in [0, 0.1) is 6.92 Å². The molecule has 0 unspecified atom stereocenters. The molecule has 0 fully saturated rings. The molecule has 0 saturated heterocycles. The Morgan fingerprint density at radius 3 is 2.32 bits per heavy atom. The van der Waals surface area contributed by atoms with Crippen LogP contribution < -0.4 is 0 Å². The number of rotatable bonds is 5. The first kappa shape index (κ1) is 14.2. The summed E-state index contributed by atoms with van der Waals surface area (Å²) in [6.45, 7) is 2.06. The highest BCUT2D eigenvalue weighted by atomic mass is 35.5. The van der Waals surface area contributed by atoms with Crippen molar-refractivity contribution >= 4 is 29.1 Å². The van der Waals surface area contributed by atoms with Crippen molar-refractivity contribution in [2.45, 2.75) is 18.2 Å². The van der Waals surface area contributed by atoms with Crippen LogP contribution in [0.25, 0.3) is 0 Å². The molecule has 0 atom stereocenters. The van der Waals surface area contributed by atoms with Gasteiger partial charge in [0.25, 0.3) is 0 Å². The number of benzene rings is 2. The van der Waals surface area contributed by atoms with Gasteiger partial charge in [-0.15, -0.1) is 11.8 Å². The van der Waals surface area contributed by atoms with E-state index in [1.807, 2.05) is 24.3 Å². The Labute approximate surface area is 123 Å². The topological polar surface area (TPSA) is 17.1 Å². The Kier molecular flexibility index (Phi) is 5.06. The molecule has 0 N–H and O–H groups in total. The Morgan fingerprint density at radius 2 is 1.68 bits per heavy atom. The summed E-state index contributed by atoms with van der Waals surface area (Å²) in [6, 6.07) is 15.7. The van der Waals surface area contributed by atoms with Gasteiger partial charge < -0.3 is 0 Å². The third-order valence-corrected chi connectivity index (χ3v) is 4.06. The van der Waals surface area contributed by atoms with Crippen LogP contribution in [0.1, 0.15) is 11.1 Å². The summed E-state index contributed by atoms with van der Waals surface area (Å²) in [6.07, 6.45) is 0.468. The molecule has 2 aromatic carbocycles. The van der Waals surface area contributed by atoms with Gasteiger partial charge in [-0.3, -0.25) is 4.79 Å². The van der Waals surface area contributed by atoms with Gasteiger partial charge in [0.2, 0.25) is 0 Å². The van der Waals surface area contributed by atoms with Crippen molar-refractivity contribution in [2.24, 2.45) is 0 Å². The predicted octanol–water partition coefficient (Wildman–Crippen LogP) is 4.55. The van der Waals surface area contributed by atoms with Crippen LogP contribution in [0.2, 0.25) is 5.02 Å². The SMILES string of the molecule is Cc1ccc(SCC(=O)Cc2ccc(Cl)cc2)cc1. The molecular weight excluding hydrogens is 276 g/mol. The first-order chi connectivity index (χ1) is 9.13. The Bertz CT molecular complexity index is 546. The number of ketones is 1. The summed E-state index contributed by atoms with van der Waals surface area (Å²) in [4.78, 5) is 13.0. The van der Waals surface area contributed by atoms with Gasteiger partial charge in [-0.1, -0.05) is 41.4 Å². The number of Topliss-reactive ketones (excluding diaryl/α,β-unsaturated/α-hetero) is 1. The number of carbonyl (C=O) groups excluding carboxylic acids is 1. The molecule has 0 aliphatic carbocycles. The van der Waals surface area contributed by atoms with Gasteiger partial charge in [0.15, 0.2) is 0 Å². The van der Waals surface area contributed by atoms with E-state index in [4.69, 9.17) is 11.6 Å². The smallest absolute Gasteiger partial charge is 0.147 e. The molecule has 0 aromatic heterocycles. The molecular formula is C16H15ClOS. The van der Waals surface area contributed by atoms with E-state index in [9.17, 15) is 4.79 Å². The monoisotopic (exact) mass is 290 g/mol. The maximum absolute atomic E-state index is 11.9. The molecule has 0 heterocycles. The van der Waals surface area contributed by atoms with Crippen LogP contribution in [0.4, 0.5) is 0 Å². The fourth-order valence-corrected chi connectivity index (χ4v) is 2.56. The van der Waals surface area contributed by atoms with Gasteiger partial charge in [-0.2, -0.15) is 0 Å². The van der Waals surface area contributed by atoms with E-state index >= 15 is 0 Å². The summed E-state index contributed by atoms with van der Waals surface area (Å²) in [5.74, 6) is 0.735. The number of hydrogen-bond donors (Lipinski definition) is 0. The molecule has 0 saturated carbocycles. The van der Waals surface area contributed by atoms with Gasteiger partial charge in [-0.25, -0.2) is 0 Å². The molecule has 0 aliphatic heterocycles. The lowest BCUT2D eigenvalue weighted by Crippen LogP contribution is -2.05. The quantitative estimate of drug-likeness (QED) is 0.751. The van der Waals surface area contributed by atoms with E-state index < -0.39 is 0 Å². The zero-order valence-corrected chi connectivity index (χ0v) is 12.3. The van der Waals surface area contributed by atoms with Crippen molar-refractivity contribution in [3.05, 3.63) is 64.7 Å². The molecule has 98 valence electrons. The van der Waals surface area contributed by atoms with Crippen LogP contribution in [0.5, 0.6) is 0 Å². The number of halogens is 1. The summed E-state index contributed by atoms with van der Waals surface area (Å²) in [5.41, 5.74) is 2.25. The van der Waals surface area contributed by atoms with Crippen molar-refractivity contribution in [1.29, 1.82) is 0 Å². The summed E-state index contributed by atoms with van der Waals surface area (Å²) >= 11 is 7.40. The Balaban J connectivity index is 1.84. The van der Waals surface area contributed by atoms with Gasteiger partial charge >= 0.3 is 0 Å². The molecule has 19 heavy (non-hydrogen) atoms. The van der Waals surface area contributed by atoms with Crippen LogP contribution in [0.3, 0.4) is 0 Å². The minimum absolute atomic E-state index is 0.230. The van der Waals surface area contributed by atoms with Crippen molar-refractivity contribution in [3.8, 4) is 0 Å². The zero-order valence-electron chi connectivity index (χ0n) is 10.7. The molecule has 2 rings (SSSR count). The normalized spacial score (nSPS) is 10.4. The summed E-state index contributed by atoms with van der Waals surface area (Å²) in [7, 11) is 0. The van der Waals surface area contributed by atoms with Crippen molar-refractivity contribution in [2.75, 3.05) is 5.75 Å². The second-order valence-corrected chi connectivity index (χ2v) is 5.93. The highest BCUT2D eigenvalue weighted by Crippen LogP contribution is 2.19. The maximum atomic E-state index is 11.9. The van der Waals surface area contributed by atoms with Gasteiger partial charge in [0.05, 0.1) is 5.75 Å². The second kappa shape index (κ2) is 6.78. The van der Waals surface area contributed by atoms with Crippen LogP contribution in [-0.2, 0) is 11.2 Å². The minimum atomic E-state index is 0.230. The number of thioether (sulfide) groups is 1. The Hall–Kier alpha value is -1.25. The summed E-state index contributed by atoms with van der Waals surface area (Å²) < 4.78 is 0. The molecule has 0 spiro atoms. The fraction of sp³-hybridized carbons (Fsp3) is 0.188. The lowest BCUT2D eigenvalue weighted by molar-refractivity contribution is -0.116. The molecule has 1 nitrogen and oxygen atoms in total. The molecule has 0 bridgehead atoms. The maximum Gasteiger partial charge on any atom is 0.147 e. The largest absolute Gasteiger partial charge is 0.298 e. The van der Waals surface area contributed by atoms with E-state index in [2.05, 4.69) is 31.2 Å². The van der Waals surface area contributed by atoms with E-state index in [1.54, 1.807) is 11.8 Å². The van der Waals surface area contributed by atoms with Crippen molar-refractivity contribution < 1.29 is 4.79 Å². The van der Waals surface area contributed by atoms with E-state index in [1.165, 1.54) is 5.56 Å². The molecule has 0 amide bonds. The highest BCUT2D eigenvalue weighted by Gasteiger charge is 2.05. The summed E-state index contributed by atoms with van der Waals surface area (Å²) in [5, 5.41) is 0.699. The molecule has 3 heteroatoms. The first-order valence-corrected chi connectivity index (χ1v) is 7.45. The van der Waals surface area contributed by atoms with Crippen LogP contribution >= 0.6 is 23.4 Å². The van der Waals surface area contributed by atoms with Gasteiger partial charge in [0, 0.05) is 16.3 Å². The third-order valence-electron chi connectivity index (χ3n) is 2.74. The molecule has 2 aromatic rings. The number of aryl methyl sites for hydroxylation is 1. The van der Waals surface area contributed by atoms with Crippen LogP contribution in [-0.4, -0.2) is 11.5 Å². The fourth-order valence-electron chi connectivity index (χ4n) is 1.68. The van der Waals surface area contributed by atoms with E-state index in [0.717, 1.165) is 10.5 Å². The molecule has 0 aliphatic rings. The van der Waals surface area contributed by atoms with E-state index in [-0.39, 0.29) is 5.78 Å². The second-order valence-electron chi connectivity index (χ2n) is 4.44. The van der Waals surface area contributed by atoms with Crippen LogP contribution in [0.15, 0.2) is 53.4 Å². The highest BCUT2D eigenvalue weighted by molar-refractivity contribution is 8.00. The lowest BCUT2D eigenvalue weighted by atomic mass is 10.1. The van der Waals surface area contributed by atoms with Gasteiger partial charge in [0.1, 0.15) is 5.78 Å². The standard InChI is InChI=1S/C16H15ClOS/c1-12-2-8-16(9-3-12)19-11-15(18)10-13-4-6-14(17)7-5-13/h2-9H,10-11H2,1H3. The van der Waals surface area contributed by atoms with Crippen molar-refractivity contribution in [1.82, 2.24) is 0 Å². The lowest BCUT2D eigenvalue weighted by Gasteiger charge is -2.03. The number of carbonyl (C=O) groups is 1. The third kappa shape index (κ3) is 4.73. The first-order valence-electron chi connectivity index (χ1n) is 6.09. The van der Waals surface area contributed by atoms with Crippen molar-refractivity contribution in [3.63, 3.8) is 0 Å².